The lowest BCUT2D eigenvalue weighted by Gasteiger charge is -2.35. The largest absolute Gasteiger partial charge is 0.370 e. The Morgan fingerprint density at radius 3 is 2.89 bits per heavy atom. The molecule has 2 fully saturated rings. The van der Waals surface area contributed by atoms with Crippen LogP contribution in [0.2, 0.25) is 0 Å². The van der Waals surface area contributed by atoms with Crippen LogP contribution in [-0.4, -0.2) is 22.1 Å². The predicted octanol–water partition coefficient (Wildman–Crippen LogP) is 4.37. The second-order valence-corrected chi connectivity index (χ2v) is 8.42. The fourth-order valence-corrected chi connectivity index (χ4v) is 5.55. The van der Waals surface area contributed by atoms with Crippen LogP contribution in [0.15, 0.2) is 17.5 Å². The molecule has 0 aliphatic carbocycles. The minimum Gasteiger partial charge on any atom is -0.370 e. The molecular weight excluding hydrogens is 324 g/mol. The van der Waals surface area contributed by atoms with E-state index in [1.165, 1.54) is 4.88 Å². The van der Waals surface area contributed by atoms with Gasteiger partial charge in [-0.15, -0.1) is 11.3 Å². The predicted molar refractivity (Wildman–Crippen MR) is 81.9 cm³/mol. The van der Waals surface area contributed by atoms with E-state index < -0.39 is 0 Å². The molecule has 4 atom stereocenters. The van der Waals surface area contributed by atoms with Gasteiger partial charge in [-0.05, 0) is 30.7 Å². The number of fused-ring (bicyclic) bond motifs is 2. The molecule has 3 rings (SSSR count). The average Bonchev–Trinajstić information content (AvgIpc) is 2.98. The summed E-state index contributed by atoms with van der Waals surface area (Å²) < 4.78 is 12.6. The van der Waals surface area contributed by atoms with Gasteiger partial charge in [0.05, 0.1) is 23.9 Å². The third kappa shape index (κ3) is 2.21. The van der Waals surface area contributed by atoms with E-state index in [2.05, 4.69) is 54.2 Å². The van der Waals surface area contributed by atoms with Crippen LogP contribution in [0.4, 0.5) is 0 Å². The SMILES string of the molecule is CC(C)C12CC(OCc3cccs3)C(C)(CC1Br)O2. The second-order valence-electron chi connectivity index (χ2n) is 6.28. The average molecular weight is 345 g/mol. The minimum absolute atomic E-state index is 0.0468. The smallest absolute Gasteiger partial charge is 0.0936 e. The standard InChI is InChI=1S/C15H21BrO2S/c1-10(2)15-8-13(14(3,18-15)7-12(15)16)17-9-11-5-4-6-19-11/h4-6,10,12-13H,7-9H2,1-3H3. The van der Waals surface area contributed by atoms with Crippen LogP contribution < -0.4 is 0 Å². The van der Waals surface area contributed by atoms with Crippen molar-refractivity contribution < 1.29 is 9.47 Å². The second kappa shape index (κ2) is 4.83. The van der Waals surface area contributed by atoms with Crippen molar-refractivity contribution in [2.24, 2.45) is 5.92 Å². The van der Waals surface area contributed by atoms with Gasteiger partial charge in [0, 0.05) is 16.1 Å². The van der Waals surface area contributed by atoms with Gasteiger partial charge in [0.1, 0.15) is 0 Å². The fourth-order valence-electron chi connectivity index (χ4n) is 3.47. The summed E-state index contributed by atoms with van der Waals surface area (Å²) in [7, 11) is 0. The third-order valence-electron chi connectivity index (χ3n) is 4.71. The summed E-state index contributed by atoms with van der Waals surface area (Å²) in [6.45, 7) is 7.42. The summed E-state index contributed by atoms with van der Waals surface area (Å²) in [4.78, 5) is 1.74. The Bertz CT molecular complexity index is 447. The molecular formula is C15H21BrO2S. The zero-order valence-electron chi connectivity index (χ0n) is 11.7. The van der Waals surface area contributed by atoms with Gasteiger partial charge in [-0.2, -0.15) is 0 Å². The number of thiophene rings is 1. The van der Waals surface area contributed by atoms with E-state index in [1.54, 1.807) is 11.3 Å². The van der Waals surface area contributed by atoms with Gasteiger partial charge in [0.2, 0.25) is 0 Å². The van der Waals surface area contributed by atoms with Crippen molar-refractivity contribution in [2.45, 2.75) is 62.4 Å². The number of ether oxygens (including phenoxy) is 2. The number of hydrogen-bond donors (Lipinski definition) is 0. The first-order chi connectivity index (χ1) is 8.96. The normalized spacial score (nSPS) is 41.3. The quantitative estimate of drug-likeness (QED) is 0.755. The summed E-state index contributed by atoms with van der Waals surface area (Å²) in [6, 6.07) is 4.21. The molecule has 0 spiro atoms. The van der Waals surface area contributed by atoms with Gasteiger partial charge in [0.25, 0.3) is 0 Å². The number of alkyl halides is 1. The van der Waals surface area contributed by atoms with E-state index >= 15 is 0 Å². The summed E-state index contributed by atoms with van der Waals surface area (Å²) in [5.41, 5.74) is -0.176. The Labute approximate surface area is 127 Å². The van der Waals surface area contributed by atoms with Gasteiger partial charge in [0.15, 0.2) is 0 Å². The Hall–Kier alpha value is 0.1000. The summed E-state index contributed by atoms with van der Waals surface area (Å²) in [5, 5.41) is 2.10. The molecule has 2 aliphatic heterocycles. The lowest BCUT2D eigenvalue weighted by atomic mass is 9.75. The van der Waals surface area contributed by atoms with Crippen molar-refractivity contribution in [3.8, 4) is 0 Å². The van der Waals surface area contributed by atoms with Crippen molar-refractivity contribution in [1.82, 2.24) is 0 Å². The van der Waals surface area contributed by atoms with Crippen LogP contribution in [-0.2, 0) is 16.1 Å². The lowest BCUT2D eigenvalue weighted by molar-refractivity contribution is -0.0952. The van der Waals surface area contributed by atoms with E-state index in [9.17, 15) is 0 Å². The van der Waals surface area contributed by atoms with Crippen LogP contribution in [0.25, 0.3) is 0 Å². The highest BCUT2D eigenvalue weighted by atomic mass is 79.9. The van der Waals surface area contributed by atoms with Gasteiger partial charge in [-0.3, -0.25) is 0 Å². The van der Waals surface area contributed by atoms with E-state index in [4.69, 9.17) is 9.47 Å². The molecule has 2 aliphatic rings. The Morgan fingerprint density at radius 2 is 2.32 bits per heavy atom. The maximum atomic E-state index is 6.44. The van der Waals surface area contributed by atoms with Crippen LogP contribution in [0.5, 0.6) is 0 Å². The molecule has 0 aromatic carbocycles. The van der Waals surface area contributed by atoms with Crippen LogP contribution >= 0.6 is 27.3 Å². The van der Waals surface area contributed by atoms with Crippen LogP contribution in [0, 0.1) is 5.92 Å². The molecule has 0 saturated carbocycles. The topological polar surface area (TPSA) is 18.5 Å². The maximum Gasteiger partial charge on any atom is 0.0936 e. The van der Waals surface area contributed by atoms with E-state index in [-0.39, 0.29) is 17.3 Å². The molecule has 0 N–H and O–H groups in total. The van der Waals surface area contributed by atoms with E-state index in [1.807, 2.05) is 0 Å². The third-order valence-corrected chi connectivity index (χ3v) is 6.66. The van der Waals surface area contributed by atoms with Gasteiger partial charge >= 0.3 is 0 Å². The molecule has 4 unspecified atom stereocenters. The highest BCUT2D eigenvalue weighted by molar-refractivity contribution is 9.09. The summed E-state index contributed by atoms with van der Waals surface area (Å²) >= 11 is 5.58. The number of rotatable bonds is 4. The molecule has 106 valence electrons. The first-order valence-corrected chi connectivity index (χ1v) is 8.74. The van der Waals surface area contributed by atoms with Crippen molar-refractivity contribution >= 4 is 27.3 Å². The molecule has 3 heterocycles. The molecule has 2 saturated heterocycles. The Balaban J connectivity index is 1.72. The lowest BCUT2D eigenvalue weighted by Crippen LogP contribution is -2.44. The van der Waals surface area contributed by atoms with Crippen LogP contribution in [0.3, 0.4) is 0 Å². The number of hydrogen-bond acceptors (Lipinski definition) is 3. The van der Waals surface area contributed by atoms with Crippen LogP contribution in [0.1, 0.15) is 38.5 Å². The van der Waals surface area contributed by atoms with Gasteiger partial charge in [-0.1, -0.05) is 35.8 Å². The van der Waals surface area contributed by atoms with E-state index in [0.29, 0.717) is 17.4 Å². The summed E-state index contributed by atoms with van der Waals surface area (Å²) in [6.07, 6.45) is 2.26. The summed E-state index contributed by atoms with van der Waals surface area (Å²) in [5.74, 6) is 0.508. The van der Waals surface area contributed by atoms with Crippen molar-refractivity contribution in [2.75, 3.05) is 0 Å². The molecule has 1 aromatic heterocycles. The first-order valence-electron chi connectivity index (χ1n) is 6.94. The monoisotopic (exact) mass is 344 g/mol. The molecule has 2 nitrogen and oxygen atoms in total. The highest BCUT2D eigenvalue weighted by Crippen LogP contribution is 2.57. The fraction of sp³-hybridized carbons (Fsp3) is 0.733. The van der Waals surface area contributed by atoms with E-state index in [0.717, 1.165) is 12.8 Å². The Morgan fingerprint density at radius 1 is 1.53 bits per heavy atom. The van der Waals surface area contributed by atoms with Crippen molar-refractivity contribution in [1.29, 1.82) is 0 Å². The zero-order valence-corrected chi connectivity index (χ0v) is 14.1. The zero-order chi connectivity index (χ0) is 13.7. The van der Waals surface area contributed by atoms with Crippen molar-refractivity contribution in [3.05, 3.63) is 22.4 Å². The van der Waals surface area contributed by atoms with Gasteiger partial charge < -0.3 is 9.47 Å². The minimum atomic E-state index is -0.129. The van der Waals surface area contributed by atoms with Crippen molar-refractivity contribution in [3.63, 3.8) is 0 Å². The molecule has 19 heavy (non-hydrogen) atoms. The Kier molecular flexibility index (Phi) is 3.57. The molecule has 1 aromatic rings. The highest BCUT2D eigenvalue weighted by Gasteiger charge is 2.65. The molecule has 0 amide bonds. The maximum absolute atomic E-state index is 6.44. The molecule has 2 bridgehead atoms. The molecule has 0 radical (unpaired) electrons. The van der Waals surface area contributed by atoms with Gasteiger partial charge in [-0.25, -0.2) is 0 Å². The molecule has 4 heteroatoms. The number of halogens is 1. The first kappa shape index (κ1) is 14.1.